The van der Waals surface area contributed by atoms with Gasteiger partial charge in [-0.3, -0.25) is 4.79 Å². The molecule has 0 spiro atoms. The van der Waals surface area contributed by atoms with Gasteiger partial charge in [0.2, 0.25) is 0 Å². The summed E-state index contributed by atoms with van der Waals surface area (Å²) in [6, 6.07) is 6.13. The van der Waals surface area contributed by atoms with Crippen LogP contribution in [0.4, 0.5) is 0 Å². The molecule has 2 aromatic rings. The van der Waals surface area contributed by atoms with Gasteiger partial charge in [0.05, 0.1) is 5.69 Å². The fourth-order valence-electron chi connectivity index (χ4n) is 1.89. The third kappa shape index (κ3) is 1.88. The summed E-state index contributed by atoms with van der Waals surface area (Å²) in [5.41, 5.74) is 5.95. The Bertz CT molecular complexity index is 627. The second kappa shape index (κ2) is 4.17. The van der Waals surface area contributed by atoms with Crippen molar-refractivity contribution in [1.29, 1.82) is 0 Å². The van der Waals surface area contributed by atoms with Crippen LogP contribution >= 0.6 is 0 Å². The third-order valence-electron chi connectivity index (χ3n) is 3.39. The molecule has 0 aliphatic rings. The summed E-state index contributed by atoms with van der Waals surface area (Å²) in [4.78, 5) is 11.5. The molecule has 0 bridgehead atoms. The Morgan fingerprint density at radius 1 is 1.00 bits per heavy atom. The molecular formula is C14H16N2O. The molecule has 1 N–H and O–H groups in total. The van der Waals surface area contributed by atoms with Crippen LogP contribution in [0.3, 0.4) is 0 Å². The molecule has 3 heteroatoms. The van der Waals surface area contributed by atoms with E-state index in [9.17, 15) is 4.79 Å². The predicted octanol–water partition coefficient (Wildman–Crippen LogP) is 2.67. The van der Waals surface area contributed by atoms with Crippen molar-refractivity contribution in [3.8, 4) is 11.3 Å². The van der Waals surface area contributed by atoms with Crippen LogP contribution in [0, 0.1) is 27.7 Å². The molecule has 1 heterocycles. The number of benzene rings is 1. The monoisotopic (exact) mass is 228 g/mol. The summed E-state index contributed by atoms with van der Waals surface area (Å²) >= 11 is 0. The first-order valence-electron chi connectivity index (χ1n) is 5.65. The Morgan fingerprint density at radius 2 is 1.71 bits per heavy atom. The number of nitrogens with one attached hydrogen (secondary N) is 1. The van der Waals surface area contributed by atoms with E-state index in [4.69, 9.17) is 0 Å². The van der Waals surface area contributed by atoms with E-state index in [1.807, 2.05) is 26.0 Å². The maximum atomic E-state index is 11.5. The summed E-state index contributed by atoms with van der Waals surface area (Å²) in [6.45, 7) is 7.91. The molecule has 0 unspecified atom stereocenters. The average Bonchev–Trinajstić information content (AvgIpc) is 2.31. The van der Waals surface area contributed by atoms with Crippen molar-refractivity contribution in [2.24, 2.45) is 0 Å². The van der Waals surface area contributed by atoms with E-state index in [1.54, 1.807) is 0 Å². The van der Waals surface area contributed by atoms with Crippen LogP contribution in [0.25, 0.3) is 11.3 Å². The molecule has 1 aromatic heterocycles. The normalized spacial score (nSPS) is 10.6. The van der Waals surface area contributed by atoms with Gasteiger partial charge in [-0.15, -0.1) is 0 Å². The minimum atomic E-state index is -0.114. The number of nitrogens with zero attached hydrogens (tertiary/aromatic N) is 1. The molecule has 0 saturated carbocycles. The third-order valence-corrected chi connectivity index (χ3v) is 3.39. The number of aromatic nitrogens is 2. The Balaban J connectivity index is 2.74. The number of rotatable bonds is 1. The summed E-state index contributed by atoms with van der Waals surface area (Å²) < 4.78 is 0. The van der Waals surface area contributed by atoms with Crippen molar-refractivity contribution >= 4 is 0 Å². The molecule has 0 amide bonds. The molecule has 2 rings (SSSR count). The Morgan fingerprint density at radius 3 is 2.41 bits per heavy atom. The topological polar surface area (TPSA) is 45.8 Å². The molecule has 0 fully saturated rings. The van der Waals surface area contributed by atoms with Crippen molar-refractivity contribution < 1.29 is 0 Å². The number of aryl methyl sites for hydroxylation is 1. The van der Waals surface area contributed by atoms with Gasteiger partial charge in [-0.25, -0.2) is 5.10 Å². The highest BCUT2D eigenvalue weighted by Crippen LogP contribution is 2.26. The largest absolute Gasteiger partial charge is 0.268 e. The highest BCUT2D eigenvalue weighted by Gasteiger charge is 2.11. The van der Waals surface area contributed by atoms with Crippen molar-refractivity contribution in [2.45, 2.75) is 27.7 Å². The molecule has 0 aliphatic heterocycles. The van der Waals surface area contributed by atoms with Crippen molar-refractivity contribution in [3.63, 3.8) is 0 Å². The molecule has 88 valence electrons. The lowest BCUT2D eigenvalue weighted by Gasteiger charge is -2.11. The van der Waals surface area contributed by atoms with Crippen LogP contribution in [0.2, 0.25) is 0 Å². The van der Waals surface area contributed by atoms with E-state index in [0.717, 1.165) is 22.4 Å². The van der Waals surface area contributed by atoms with E-state index in [0.29, 0.717) is 0 Å². The van der Waals surface area contributed by atoms with Gasteiger partial charge in [0.15, 0.2) is 0 Å². The van der Waals surface area contributed by atoms with Gasteiger partial charge in [-0.05, 0) is 44.4 Å². The quantitative estimate of drug-likeness (QED) is 0.815. The Kier molecular flexibility index (Phi) is 2.84. The molecular weight excluding hydrogens is 212 g/mol. The fraction of sp³-hybridized carbons (Fsp3) is 0.286. The Labute approximate surface area is 101 Å². The van der Waals surface area contributed by atoms with Crippen LogP contribution < -0.4 is 5.56 Å². The number of aromatic amines is 1. The lowest BCUT2D eigenvalue weighted by Crippen LogP contribution is -2.14. The number of H-pyrrole nitrogens is 1. The van der Waals surface area contributed by atoms with Gasteiger partial charge in [0.1, 0.15) is 0 Å². The van der Waals surface area contributed by atoms with Crippen molar-refractivity contribution in [3.05, 3.63) is 50.8 Å². The lowest BCUT2D eigenvalue weighted by atomic mass is 9.97. The van der Waals surface area contributed by atoms with Crippen LogP contribution in [-0.2, 0) is 0 Å². The molecule has 0 radical (unpaired) electrons. The first-order valence-corrected chi connectivity index (χ1v) is 5.65. The zero-order chi connectivity index (χ0) is 12.6. The fourth-order valence-corrected chi connectivity index (χ4v) is 1.89. The van der Waals surface area contributed by atoms with Crippen LogP contribution in [0.15, 0.2) is 23.0 Å². The molecule has 1 aromatic carbocycles. The predicted molar refractivity (Wildman–Crippen MR) is 69.2 cm³/mol. The first kappa shape index (κ1) is 11.6. The van der Waals surface area contributed by atoms with E-state index in [1.165, 1.54) is 11.1 Å². The zero-order valence-electron chi connectivity index (χ0n) is 10.6. The van der Waals surface area contributed by atoms with E-state index >= 15 is 0 Å². The smallest absolute Gasteiger partial charge is 0.267 e. The summed E-state index contributed by atoms with van der Waals surface area (Å²) in [5.74, 6) is 0. The zero-order valence-corrected chi connectivity index (χ0v) is 10.6. The molecule has 3 nitrogen and oxygen atoms in total. The summed E-state index contributed by atoms with van der Waals surface area (Å²) in [7, 11) is 0. The second-order valence-electron chi connectivity index (χ2n) is 4.40. The standard InChI is InChI=1S/C14H16N2O/c1-8-6-5-7-12(9(8)2)13-10(3)11(4)14(17)16-15-13/h5-7H,1-4H3,(H,16,17). The van der Waals surface area contributed by atoms with E-state index in [-0.39, 0.29) is 5.56 Å². The number of hydrogen-bond acceptors (Lipinski definition) is 2. The van der Waals surface area contributed by atoms with Crippen molar-refractivity contribution in [1.82, 2.24) is 10.2 Å². The van der Waals surface area contributed by atoms with Crippen LogP contribution in [0.1, 0.15) is 22.3 Å². The van der Waals surface area contributed by atoms with Crippen molar-refractivity contribution in [2.75, 3.05) is 0 Å². The van der Waals surface area contributed by atoms with Crippen LogP contribution in [-0.4, -0.2) is 10.2 Å². The maximum absolute atomic E-state index is 11.5. The van der Waals surface area contributed by atoms with E-state index < -0.39 is 0 Å². The van der Waals surface area contributed by atoms with Gasteiger partial charge in [-0.1, -0.05) is 18.2 Å². The van der Waals surface area contributed by atoms with Gasteiger partial charge in [0, 0.05) is 11.1 Å². The minimum absolute atomic E-state index is 0.114. The maximum Gasteiger partial charge on any atom is 0.267 e. The van der Waals surface area contributed by atoms with Gasteiger partial charge in [0.25, 0.3) is 5.56 Å². The molecule has 0 saturated heterocycles. The number of hydrogen-bond donors (Lipinski definition) is 1. The molecule has 0 atom stereocenters. The van der Waals surface area contributed by atoms with Gasteiger partial charge < -0.3 is 0 Å². The molecule has 17 heavy (non-hydrogen) atoms. The average molecular weight is 228 g/mol. The lowest BCUT2D eigenvalue weighted by molar-refractivity contribution is 0.957. The second-order valence-corrected chi connectivity index (χ2v) is 4.40. The molecule has 0 aliphatic carbocycles. The summed E-state index contributed by atoms with van der Waals surface area (Å²) in [6.07, 6.45) is 0. The van der Waals surface area contributed by atoms with Gasteiger partial charge >= 0.3 is 0 Å². The van der Waals surface area contributed by atoms with Gasteiger partial charge in [-0.2, -0.15) is 5.10 Å². The highest BCUT2D eigenvalue weighted by atomic mass is 16.1. The minimum Gasteiger partial charge on any atom is -0.268 e. The first-order chi connectivity index (χ1) is 8.02. The SMILES string of the molecule is Cc1cccc(-c2n[nH]c(=O)c(C)c2C)c1C. The highest BCUT2D eigenvalue weighted by molar-refractivity contribution is 5.68. The van der Waals surface area contributed by atoms with Crippen LogP contribution in [0.5, 0.6) is 0 Å². The summed E-state index contributed by atoms with van der Waals surface area (Å²) in [5, 5.41) is 6.72. The Hall–Kier alpha value is -1.90. The van der Waals surface area contributed by atoms with E-state index in [2.05, 4.69) is 30.1 Å².